The van der Waals surface area contributed by atoms with Crippen LogP contribution in [0.5, 0.6) is 0 Å². The van der Waals surface area contributed by atoms with Gasteiger partial charge in [0, 0.05) is 30.4 Å². The molecule has 1 atom stereocenters. The SMILES string of the molecule is C[C@@H](Nc1ncnc2c1CCC(=O)N2)c1cc(-c2ncc[nH]2)no1. The molecular formula is C15H15N7O2. The fraction of sp³-hybridized carbons (Fsp3) is 0.267. The highest BCUT2D eigenvalue weighted by atomic mass is 16.5. The van der Waals surface area contributed by atoms with E-state index in [1.54, 1.807) is 12.4 Å². The summed E-state index contributed by atoms with van der Waals surface area (Å²) in [6.07, 6.45) is 5.84. The summed E-state index contributed by atoms with van der Waals surface area (Å²) in [7, 11) is 0. The summed E-state index contributed by atoms with van der Waals surface area (Å²) in [6.45, 7) is 1.95. The second kappa shape index (κ2) is 5.76. The highest BCUT2D eigenvalue weighted by molar-refractivity contribution is 5.93. The van der Waals surface area contributed by atoms with Gasteiger partial charge in [-0.25, -0.2) is 15.0 Å². The van der Waals surface area contributed by atoms with Gasteiger partial charge in [0.2, 0.25) is 5.91 Å². The van der Waals surface area contributed by atoms with Crippen molar-refractivity contribution in [2.45, 2.75) is 25.8 Å². The summed E-state index contributed by atoms with van der Waals surface area (Å²) >= 11 is 0. The van der Waals surface area contributed by atoms with Crippen LogP contribution in [-0.4, -0.2) is 31.0 Å². The van der Waals surface area contributed by atoms with Crippen LogP contribution in [0.3, 0.4) is 0 Å². The van der Waals surface area contributed by atoms with Gasteiger partial charge in [-0.15, -0.1) is 0 Å². The summed E-state index contributed by atoms with van der Waals surface area (Å²) in [5, 5.41) is 10.1. The van der Waals surface area contributed by atoms with Gasteiger partial charge in [0.05, 0.1) is 6.04 Å². The van der Waals surface area contributed by atoms with Gasteiger partial charge < -0.3 is 20.1 Å². The van der Waals surface area contributed by atoms with E-state index in [0.29, 0.717) is 41.8 Å². The van der Waals surface area contributed by atoms with Crippen molar-refractivity contribution in [3.8, 4) is 11.5 Å². The lowest BCUT2D eigenvalue weighted by molar-refractivity contribution is -0.116. The molecule has 0 unspecified atom stereocenters. The number of nitrogens with one attached hydrogen (secondary N) is 3. The maximum atomic E-state index is 11.5. The number of anilines is 2. The van der Waals surface area contributed by atoms with E-state index in [2.05, 4.69) is 35.7 Å². The van der Waals surface area contributed by atoms with Crippen molar-refractivity contribution in [3.05, 3.63) is 36.1 Å². The smallest absolute Gasteiger partial charge is 0.225 e. The van der Waals surface area contributed by atoms with Crippen molar-refractivity contribution in [1.82, 2.24) is 25.1 Å². The standard InChI is InChI=1S/C15H15N7O2/c1-8(11-6-10(22-24-11)15-16-4-5-17-15)20-13-9-2-3-12(23)21-14(9)19-7-18-13/h4-8H,2-3H2,1H3,(H,16,17)(H2,18,19,20,21,23)/t8-/m1/s1. The zero-order valence-corrected chi connectivity index (χ0v) is 12.9. The molecule has 4 heterocycles. The number of carbonyl (C=O) groups is 1. The number of fused-ring (bicyclic) bond motifs is 1. The maximum absolute atomic E-state index is 11.5. The summed E-state index contributed by atoms with van der Waals surface area (Å²) in [5.41, 5.74) is 1.54. The van der Waals surface area contributed by atoms with Gasteiger partial charge in [-0.1, -0.05) is 5.16 Å². The molecule has 0 saturated heterocycles. The van der Waals surface area contributed by atoms with E-state index in [0.717, 1.165) is 5.56 Å². The monoisotopic (exact) mass is 325 g/mol. The summed E-state index contributed by atoms with van der Waals surface area (Å²) < 4.78 is 5.40. The van der Waals surface area contributed by atoms with Gasteiger partial charge in [0.15, 0.2) is 11.6 Å². The average molecular weight is 325 g/mol. The van der Waals surface area contributed by atoms with Crippen LogP contribution in [0.25, 0.3) is 11.5 Å². The Balaban J connectivity index is 1.56. The van der Waals surface area contributed by atoms with E-state index < -0.39 is 0 Å². The quantitative estimate of drug-likeness (QED) is 0.669. The van der Waals surface area contributed by atoms with Gasteiger partial charge in [0.1, 0.15) is 23.7 Å². The first-order chi connectivity index (χ1) is 11.7. The maximum Gasteiger partial charge on any atom is 0.225 e. The minimum absolute atomic E-state index is 0.0291. The number of hydrogen-bond acceptors (Lipinski definition) is 7. The molecular weight excluding hydrogens is 310 g/mol. The molecule has 1 aliphatic heterocycles. The normalized spacial score (nSPS) is 14.8. The molecule has 3 aromatic heterocycles. The molecule has 0 aromatic carbocycles. The second-order valence-corrected chi connectivity index (χ2v) is 5.52. The lowest BCUT2D eigenvalue weighted by Gasteiger charge is -2.20. The third kappa shape index (κ3) is 2.60. The first kappa shape index (κ1) is 14.4. The van der Waals surface area contributed by atoms with E-state index >= 15 is 0 Å². The Kier molecular flexibility index (Phi) is 3.45. The van der Waals surface area contributed by atoms with Gasteiger partial charge in [-0.2, -0.15) is 0 Å². The zero-order valence-electron chi connectivity index (χ0n) is 12.9. The van der Waals surface area contributed by atoms with Crippen molar-refractivity contribution in [2.24, 2.45) is 0 Å². The number of H-pyrrole nitrogens is 1. The Bertz CT molecular complexity index is 872. The first-order valence-corrected chi connectivity index (χ1v) is 7.57. The van der Waals surface area contributed by atoms with Crippen LogP contribution in [-0.2, 0) is 11.2 Å². The first-order valence-electron chi connectivity index (χ1n) is 7.57. The van der Waals surface area contributed by atoms with Crippen molar-refractivity contribution >= 4 is 17.5 Å². The van der Waals surface area contributed by atoms with E-state index in [-0.39, 0.29) is 11.9 Å². The van der Waals surface area contributed by atoms with Crippen molar-refractivity contribution in [2.75, 3.05) is 10.6 Å². The highest BCUT2D eigenvalue weighted by Crippen LogP contribution is 2.29. The molecule has 4 rings (SSSR count). The number of amides is 1. The zero-order chi connectivity index (χ0) is 16.5. The summed E-state index contributed by atoms with van der Waals surface area (Å²) in [4.78, 5) is 27.0. The molecule has 24 heavy (non-hydrogen) atoms. The second-order valence-electron chi connectivity index (χ2n) is 5.52. The van der Waals surface area contributed by atoms with Crippen molar-refractivity contribution in [3.63, 3.8) is 0 Å². The van der Waals surface area contributed by atoms with Crippen LogP contribution in [0.1, 0.15) is 30.7 Å². The molecule has 0 radical (unpaired) electrons. The number of nitrogens with zero attached hydrogens (tertiary/aromatic N) is 4. The molecule has 1 aliphatic rings. The molecule has 0 bridgehead atoms. The van der Waals surface area contributed by atoms with Gasteiger partial charge in [-0.05, 0) is 13.3 Å². The van der Waals surface area contributed by atoms with Crippen LogP contribution in [0.15, 0.2) is 29.3 Å². The fourth-order valence-electron chi connectivity index (χ4n) is 2.60. The van der Waals surface area contributed by atoms with Crippen LogP contribution in [0, 0.1) is 0 Å². The van der Waals surface area contributed by atoms with Crippen LogP contribution in [0.4, 0.5) is 11.6 Å². The number of carbonyl (C=O) groups excluding carboxylic acids is 1. The number of aromatic amines is 1. The van der Waals surface area contributed by atoms with Crippen LogP contribution in [0.2, 0.25) is 0 Å². The minimum atomic E-state index is -0.155. The van der Waals surface area contributed by atoms with E-state index in [1.807, 2.05) is 13.0 Å². The van der Waals surface area contributed by atoms with Gasteiger partial charge in [0.25, 0.3) is 0 Å². The molecule has 1 amide bonds. The Morgan fingerprint density at radius 3 is 3.04 bits per heavy atom. The topological polar surface area (TPSA) is 122 Å². The predicted molar refractivity (Wildman–Crippen MR) is 85.1 cm³/mol. The average Bonchev–Trinajstić information content (AvgIpc) is 3.26. The molecule has 0 fully saturated rings. The van der Waals surface area contributed by atoms with E-state index in [9.17, 15) is 4.79 Å². The number of hydrogen-bond donors (Lipinski definition) is 3. The van der Waals surface area contributed by atoms with Gasteiger partial charge >= 0.3 is 0 Å². The minimum Gasteiger partial charge on any atom is -0.360 e. The molecule has 9 nitrogen and oxygen atoms in total. The molecule has 0 spiro atoms. The Morgan fingerprint density at radius 1 is 1.29 bits per heavy atom. The van der Waals surface area contributed by atoms with Crippen molar-refractivity contribution < 1.29 is 9.32 Å². The van der Waals surface area contributed by atoms with Gasteiger partial charge in [-0.3, -0.25) is 4.79 Å². The largest absolute Gasteiger partial charge is 0.360 e. The highest BCUT2D eigenvalue weighted by Gasteiger charge is 2.22. The molecule has 3 N–H and O–H groups in total. The van der Waals surface area contributed by atoms with E-state index in [1.165, 1.54) is 6.33 Å². The number of aromatic nitrogens is 5. The predicted octanol–water partition coefficient (Wildman–Crippen LogP) is 1.91. The Labute approximate surface area is 136 Å². The lowest BCUT2D eigenvalue weighted by atomic mass is 10.1. The molecule has 122 valence electrons. The Morgan fingerprint density at radius 2 is 2.21 bits per heavy atom. The third-order valence-corrected chi connectivity index (χ3v) is 3.85. The number of imidazole rings is 1. The summed E-state index contributed by atoms with van der Waals surface area (Å²) in [5.74, 6) is 2.53. The third-order valence-electron chi connectivity index (χ3n) is 3.85. The lowest BCUT2D eigenvalue weighted by Crippen LogP contribution is -2.22. The summed E-state index contributed by atoms with van der Waals surface area (Å²) in [6, 6.07) is 1.67. The van der Waals surface area contributed by atoms with Crippen molar-refractivity contribution in [1.29, 1.82) is 0 Å². The number of rotatable bonds is 4. The fourth-order valence-corrected chi connectivity index (χ4v) is 2.60. The van der Waals surface area contributed by atoms with E-state index in [4.69, 9.17) is 4.52 Å². The van der Waals surface area contributed by atoms with Crippen LogP contribution >= 0.6 is 0 Å². The molecule has 0 saturated carbocycles. The molecule has 0 aliphatic carbocycles. The van der Waals surface area contributed by atoms with Crippen LogP contribution < -0.4 is 10.6 Å². The molecule has 3 aromatic rings. The molecule has 9 heteroatoms. The Hall–Kier alpha value is -3.23.